The van der Waals surface area contributed by atoms with Gasteiger partial charge in [-0.3, -0.25) is 14.5 Å². The summed E-state index contributed by atoms with van der Waals surface area (Å²) in [5.41, 5.74) is 2.10. The smallest absolute Gasteiger partial charge is 0.410 e. The lowest BCUT2D eigenvalue weighted by molar-refractivity contribution is -0.192. The SMILES string of the molecule is CC(C)(C)OC(=O)N1CC(CCCCc2ccc(SNC(=O)c3ccc(N4C=CC(OCCC5(C(F)(F)F)CC5)N4)nc3Cl)cc2)CC1(C)C. The van der Waals surface area contributed by atoms with Gasteiger partial charge in [-0.05, 0) is 133 Å². The summed E-state index contributed by atoms with van der Waals surface area (Å²) in [6, 6.07) is 11.3. The number of pyridine rings is 1. The van der Waals surface area contributed by atoms with Crippen LogP contribution in [0.15, 0.2) is 53.6 Å². The highest BCUT2D eigenvalue weighted by atomic mass is 35.5. The topological polar surface area (TPSA) is 96.0 Å². The average Bonchev–Trinajstić information content (AvgIpc) is 3.57. The van der Waals surface area contributed by atoms with E-state index in [0.717, 1.165) is 43.5 Å². The number of hydrogen-bond acceptors (Lipinski definition) is 8. The number of ether oxygens (including phenoxy) is 2. The van der Waals surface area contributed by atoms with E-state index in [9.17, 15) is 22.8 Å². The van der Waals surface area contributed by atoms with Gasteiger partial charge in [0.1, 0.15) is 22.8 Å². The molecule has 2 atom stereocenters. The van der Waals surface area contributed by atoms with Crippen LogP contribution in [0.1, 0.15) is 95.5 Å². The summed E-state index contributed by atoms with van der Waals surface area (Å²) in [6.45, 7) is 10.6. The van der Waals surface area contributed by atoms with Crippen molar-refractivity contribution in [3.63, 3.8) is 0 Å². The quantitative estimate of drug-likeness (QED) is 0.120. The first-order valence-electron chi connectivity index (χ1n) is 17.1. The van der Waals surface area contributed by atoms with Gasteiger partial charge in [-0.25, -0.2) is 9.78 Å². The number of nitrogens with one attached hydrogen (secondary N) is 2. The van der Waals surface area contributed by atoms with E-state index < -0.39 is 29.3 Å². The van der Waals surface area contributed by atoms with Crippen molar-refractivity contribution in [3.05, 3.63) is 65.0 Å². The van der Waals surface area contributed by atoms with Crippen LogP contribution in [0.3, 0.4) is 0 Å². The Kier molecular flexibility index (Phi) is 11.7. The van der Waals surface area contributed by atoms with E-state index in [4.69, 9.17) is 21.1 Å². The third-order valence-electron chi connectivity index (χ3n) is 9.42. The maximum atomic E-state index is 13.2. The summed E-state index contributed by atoms with van der Waals surface area (Å²) >= 11 is 7.55. The van der Waals surface area contributed by atoms with E-state index in [1.165, 1.54) is 17.5 Å². The van der Waals surface area contributed by atoms with Crippen molar-refractivity contribution in [2.24, 2.45) is 11.3 Å². The lowest BCUT2D eigenvalue weighted by atomic mass is 9.92. The van der Waals surface area contributed by atoms with Crippen LogP contribution in [0.25, 0.3) is 0 Å². The molecule has 5 rings (SSSR count). The molecule has 274 valence electrons. The Morgan fingerprint density at radius 3 is 2.46 bits per heavy atom. The molecule has 0 radical (unpaired) electrons. The highest BCUT2D eigenvalue weighted by Crippen LogP contribution is 2.59. The van der Waals surface area contributed by atoms with Crippen LogP contribution in [0, 0.1) is 11.3 Å². The molecule has 2 aliphatic heterocycles. The van der Waals surface area contributed by atoms with Crippen molar-refractivity contribution >= 4 is 41.4 Å². The first-order valence-corrected chi connectivity index (χ1v) is 18.3. The standard InChI is InChI=1S/C36H47ClF3N5O4S/c1-33(2,3)49-32(47)44-23-25(22-34(44,4)5)9-7-6-8-24-10-12-26(13-11-24)50-43-31(46)27-14-15-28(41-30(27)37)45-20-16-29(42-45)48-21-19-35(17-18-35)36(38,39)40/h10-16,20,25,29,42H,6-9,17-19,21-23H2,1-5H3,(H,43,46). The second-order valence-corrected chi connectivity index (χ2v) is 16.3. The molecule has 1 aromatic heterocycles. The Bertz CT molecular complexity index is 1550. The maximum absolute atomic E-state index is 13.2. The molecule has 2 fully saturated rings. The van der Waals surface area contributed by atoms with Gasteiger partial charge in [0, 0.05) is 29.8 Å². The average molecular weight is 738 g/mol. The van der Waals surface area contributed by atoms with E-state index in [-0.39, 0.29) is 48.2 Å². The van der Waals surface area contributed by atoms with E-state index in [1.54, 1.807) is 29.4 Å². The number of hydrogen-bond donors (Lipinski definition) is 2. The van der Waals surface area contributed by atoms with E-state index in [1.807, 2.05) is 37.8 Å². The monoisotopic (exact) mass is 737 g/mol. The third kappa shape index (κ3) is 9.86. The first-order chi connectivity index (χ1) is 23.4. The Morgan fingerprint density at radius 2 is 1.82 bits per heavy atom. The van der Waals surface area contributed by atoms with Gasteiger partial charge in [0.25, 0.3) is 5.91 Å². The number of anilines is 1. The molecule has 0 spiro atoms. The molecule has 2 aromatic rings. The highest BCUT2D eigenvalue weighted by Gasteiger charge is 2.62. The normalized spacial score (nSPS) is 21.1. The fraction of sp³-hybridized carbons (Fsp3) is 0.583. The van der Waals surface area contributed by atoms with Crippen LogP contribution in [-0.4, -0.2) is 58.6 Å². The maximum Gasteiger partial charge on any atom is 0.410 e. The molecule has 2 unspecified atom stereocenters. The summed E-state index contributed by atoms with van der Waals surface area (Å²) in [5.74, 6) is 0.469. The summed E-state index contributed by atoms with van der Waals surface area (Å²) in [6.07, 6.45) is 3.61. The van der Waals surface area contributed by atoms with Gasteiger partial charge in [-0.1, -0.05) is 30.2 Å². The molecule has 2 amide bonds. The molecular formula is C36H47ClF3N5O4S. The number of hydrazine groups is 1. The number of aryl methyl sites for hydroxylation is 1. The summed E-state index contributed by atoms with van der Waals surface area (Å²) in [5, 5.41) is 1.55. The van der Waals surface area contributed by atoms with Crippen LogP contribution in [0.4, 0.5) is 23.8 Å². The van der Waals surface area contributed by atoms with Crippen LogP contribution in [-0.2, 0) is 15.9 Å². The molecular weight excluding hydrogens is 691 g/mol. The zero-order valence-corrected chi connectivity index (χ0v) is 30.8. The van der Waals surface area contributed by atoms with Crippen LogP contribution in [0.2, 0.25) is 5.15 Å². The highest BCUT2D eigenvalue weighted by molar-refractivity contribution is 7.98. The van der Waals surface area contributed by atoms with Gasteiger partial charge in [-0.2, -0.15) is 18.6 Å². The van der Waals surface area contributed by atoms with E-state index >= 15 is 0 Å². The predicted octanol–water partition coefficient (Wildman–Crippen LogP) is 8.83. The number of halogens is 4. The van der Waals surface area contributed by atoms with E-state index in [0.29, 0.717) is 11.7 Å². The minimum atomic E-state index is -4.20. The summed E-state index contributed by atoms with van der Waals surface area (Å²) in [7, 11) is 0. The molecule has 9 nitrogen and oxygen atoms in total. The van der Waals surface area contributed by atoms with Gasteiger partial charge < -0.3 is 14.4 Å². The van der Waals surface area contributed by atoms with Crippen molar-refractivity contribution in [1.82, 2.24) is 20.0 Å². The Labute approximate surface area is 301 Å². The molecule has 2 N–H and O–H groups in total. The molecule has 14 heteroatoms. The van der Waals surface area contributed by atoms with E-state index in [2.05, 4.69) is 41.1 Å². The molecule has 1 aromatic carbocycles. The number of unbranched alkanes of at least 4 members (excludes halogenated alkanes) is 1. The fourth-order valence-electron chi connectivity index (χ4n) is 6.42. The molecule has 1 aliphatic carbocycles. The number of carbonyl (C=O) groups is 2. The number of carbonyl (C=O) groups excluding carboxylic acids is 2. The van der Waals surface area contributed by atoms with Gasteiger partial charge in [0.05, 0.1) is 11.0 Å². The number of aromatic nitrogens is 1. The molecule has 3 heterocycles. The number of amides is 2. The lowest BCUT2D eigenvalue weighted by Crippen LogP contribution is -2.45. The zero-order chi connectivity index (χ0) is 36.3. The number of nitrogens with zero attached hydrogens (tertiary/aromatic N) is 3. The Morgan fingerprint density at radius 1 is 1.10 bits per heavy atom. The number of alkyl halides is 3. The molecule has 1 saturated heterocycles. The fourth-order valence-corrected chi connectivity index (χ4v) is 7.25. The summed E-state index contributed by atoms with van der Waals surface area (Å²) in [4.78, 5) is 32.7. The predicted molar refractivity (Wildman–Crippen MR) is 189 cm³/mol. The Hall–Kier alpha value is -3.00. The largest absolute Gasteiger partial charge is 0.444 e. The van der Waals surface area contributed by atoms with Crippen molar-refractivity contribution < 1.29 is 32.2 Å². The number of benzene rings is 1. The zero-order valence-electron chi connectivity index (χ0n) is 29.2. The minimum absolute atomic E-state index is 0.00934. The van der Waals surface area contributed by atoms with Gasteiger partial charge in [-0.15, -0.1) is 0 Å². The molecule has 3 aliphatic rings. The first kappa shape index (κ1) is 38.2. The van der Waals surface area contributed by atoms with Crippen LogP contribution < -0.4 is 15.2 Å². The molecule has 50 heavy (non-hydrogen) atoms. The molecule has 0 bridgehead atoms. The van der Waals surface area contributed by atoms with Crippen molar-refractivity contribution in [2.75, 3.05) is 18.2 Å². The summed E-state index contributed by atoms with van der Waals surface area (Å²) < 4.78 is 53.5. The van der Waals surface area contributed by atoms with Gasteiger partial charge >= 0.3 is 12.3 Å². The second-order valence-electron chi connectivity index (χ2n) is 15.1. The van der Waals surface area contributed by atoms with Crippen molar-refractivity contribution in [3.8, 4) is 0 Å². The van der Waals surface area contributed by atoms with Crippen molar-refractivity contribution in [1.29, 1.82) is 0 Å². The third-order valence-corrected chi connectivity index (χ3v) is 10.5. The number of likely N-dealkylation sites (tertiary alicyclic amines) is 1. The van der Waals surface area contributed by atoms with Gasteiger partial charge in [0.2, 0.25) is 0 Å². The van der Waals surface area contributed by atoms with Crippen molar-refractivity contribution in [2.45, 2.75) is 114 Å². The van der Waals surface area contributed by atoms with Crippen LogP contribution in [0.5, 0.6) is 0 Å². The number of rotatable bonds is 13. The van der Waals surface area contributed by atoms with Crippen LogP contribution >= 0.6 is 23.5 Å². The lowest BCUT2D eigenvalue weighted by Gasteiger charge is -2.33. The second kappa shape index (κ2) is 15.3. The Balaban J connectivity index is 1.00. The minimum Gasteiger partial charge on any atom is -0.444 e. The molecule has 1 saturated carbocycles. The van der Waals surface area contributed by atoms with Gasteiger partial charge in [0.15, 0.2) is 0 Å².